The van der Waals surface area contributed by atoms with Gasteiger partial charge in [-0.1, -0.05) is 12.1 Å². The number of carboxylic acids is 1. The van der Waals surface area contributed by atoms with Gasteiger partial charge in [-0.25, -0.2) is 0 Å². The van der Waals surface area contributed by atoms with Crippen molar-refractivity contribution in [2.24, 2.45) is 0 Å². The molecule has 0 fully saturated rings. The Kier molecular flexibility index (Phi) is 3.89. The van der Waals surface area contributed by atoms with Gasteiger partial charge in [0.15, 0.2) is 0 Å². The van der Waals surface area contributed by atoms with Crippen molar-refractivity contribution in [1.82, 2.24) is 4.98 Å². The number of aromatic nitrogens is 1. The monoisotopic (exact) mass is 245 g/mol. The SMILES string of the molecule is CCOCc1ccc2cncc(CC(=O)O)c2c1. The van der Waals surface area contributed by atoms with Crippen molar-refractivity contribution < 1.29 is 14.6 Å². The number of hydrogen-bond donors (Lipinski definition) is 1. The van der Waals surface area contributed by atoms with Crippen molar-refractivity contribution in [2.45, 2.75) is 20.0 Å². The Morgan fingerprint density at radius 2 is 2.22 bits per heavy atom. The molecule has 0 spiro atoms. The minimum absolute atomic E-state index is 0.0115. The van der Waals surface area contributed by atoms with Gasteiger partial charge in [0.2, 0.25) is 0 Å². The van der Waals surface area contributed by atoms with Crippen LogP contribution >= 0.6 is 0 Å². The van der Waals surface area contributed by atoms with E-state index in [0.29, 0.717) is 13.2 Å². The van der Waals surface area contributed by atoms with Crippen LogP contribution in [0.25, 0.3) is 10.8 Å². The van der Waals surface area contributed by atoms with Gasteiger partial charge in [-0.15, -0.1) is 0 Å². The van der Waals surface area contributed by atoms with Crippen molar-refractivity contribution in [2.75, 3.05) is 6.61 Å². The molecule has 1 aromatic heterocycles. The molecule has 4 nitrogen and oxygen atoms in total. The molecule has 0 aliphatic heterocycles. The van der Waals surface area contributed by atoms with Crippen LogP contribution < -0.4 is 0 Å². The van der Waals surface area contributed by atoms with E-state index in [1.807, 2.05) is 25.1 Å². The Morgan fingerprint density at radius 3 is 2.94 bits per heavy atom. The Hall–Kier alpha value is -1.94. The molecule has 0 aliphatic carbocycles. The molecule has 2 rings (SSSR count). The summed E-state index contributed by atoms with van der Waals surface area (Å²) in [5, 5.41) is 10.8. The van der Waals surface area contributed by atoms with Gasteiger partial charge in [-0.2, -0.15) is 0 Å². The smallest absolute Gasteiger partial charge is 0.307 e. The van der Waals surface area contributed by atoms with Crippen LogP contribution in [0.2, 0.25) is 0 Å². The Labute approximate surface area is 105 Å². The number of hydrogen-bond acceptors (Lipinski definition) is 3. The number of pyridine rings is 1. The van der Waals surface area contributed by atoms with E-state index >= 15 is 0 Å². The number of carboxylic acid groups (broad SMARTS) is 1. The van der Waals surface area contributed by atoms with Gasteiger partial charge >= 0.3 is 5.97 Å². The highest BCUT2D eigenvalue weighted by Crippen LogP contribution is 2.20. The van der Waals surface area contributed by atoms with Crippen molar-refractivity contribution in [1.29, 1.82) is 0 Å². The Bertz CT molecular complexity index is 566. The first kappa shape index (κ1) is 12.5. The second-order valence-corrected chi connectivity index (χ2v) is 4.06. The zero-order chi connectivity index (χ0) is 13.0. The number of fused-ring (bicyclic) bond motifs is 1. The largest absolute Gasteiger partial charge is 0.481 e. The van der Waals surface area contributed by atoms with E-state index in [4.69, 9.17) is 9.84 Å². The normalized spacial score (nSPS) is 10.7. The molecular weight excluding hydrogens is 230 g/mol. The van der Waals surface area contributed by atoms with E-state index in [2.05, 4.69) is 4.98 Å². The molecule has 1 aromatic carbocycles. The van der Waals surface area contributed by atoms with E-state index < -0.39 is 5.97 Å². The molecule has 1 N–H and O–H groups in total. The second kappa shape index (κ2) is 5.60. The summed E-state index contributed by atoms with van der Waals surface area (Å²) < 4.78 is 5.36. The second-order valence-electron chi connectivity index (χ2n) is 4.06. The first-order chi connectivity index (χ1) is 8.70. The fraction of sp³-hybridized carbons (Fsp3) is 0.286. The summed E-state index contributed by atoms with van der Waals surface area (Å²) in [5.74, 6) is -0.848. The standard InChI is InChI=1S/C14H15NO3/c1-2-18-9-10-3-4-11-7-15-8-12(6-14(16)17)13(11)5-10/h3-5,7-8H,2,6,9H2,1H3,(H,16,17). The van der Waals surface area contributed by atoms with Crippen LogP contribution in [0.4, 0.5) is 0 Å². The molecule has 0 atom stereocenters. The quantitative estimate of drug-likeness (QED) is 0.878. The first-order valence-corrected chi connectivity index (χ1v) is 5.85. The molecule has 0 bridgehead atoms. The van der Waals surface area contributed by atoms with Crippen LogP contribution in [0.1, 0.15) is 18.1 Å². The maximum atomic E-state index is 10.8. The molecule has 0 saturated carbocycles. The zero-order valence-corrected chi connectivity index (χ0v) is 10.2. The van der Waals surface area contributed by atoms with Gasteiger partial charge in [0, 0.05) is 24.4 Å². The number of aliphatic carboxylic acids is 1. The maximum absolute atomic E-state index is 10.8. The van der Waals surface area contributed by atoms with E-state index in [1.54, 1.807) is 12.4 Å². The first-order valence-electron chi connectivity index (χ1n) is 5.85. The predicted molar refractivity (Wildman–Crippen MR) is 68.4 cm³/mol. The fourth-order valence-electron chi connectivity index (χ4n) is 1.88. The highest BCUT2D eigenvalue weighted by molar-refractivity contribution is 5.88. The lowest BCUT2D eigenvalue weighted by atomic mass is 10.0. The molecule has 94 valence electrons. The van der Waals surface area contributed by atoms with Crippen molar-refractivity contribution in [3.8, 4) is 0 Å². The summed E-state index contributed by atoms with van der Waals surface area (Å²) in [6, 6.07) is 5.90. The lowest BCUT2D eigenvalue weighted by molar-refractivity contribution is -0.136. The fourth-order valence-corrected chi connectivity index (χ4v) is 1.88. The zero-order valence-electron chi connectivity index (χ0n) is 10.2. The van der Waals surface area contributed by atoms with Crippen LogP contribution in [0.15, 0.2) is 30.6 Å². The van der Waals surface area contributed by atoms with Gasteiger partial charge in [-0.3, -0.25) is 9.78 Å². The summed E-state index contributed by atoms with van der Waals surface area (Å²) in [4.78, 5) is 14.9. The highest BCUT2D eigenvalue weighted by Gasteiger charge is 2.07. The van der Waals surface area contributed by atoms with Crippen LogP contribution in [0.3, 0.4) is 0 Å². The lowest BCUT2D eigenvalue weighted by Crippen LogP contribution is -2.01. The third-order valence-electron chi connectivity index (χ3n) is 2.72. The van der Waals surface area contributed by atoms with Crippen LogP contribution in [0.5, 0.6) is 0 Å². The van der Waals surface area contributed by atoms with Gasteiger partial charge in [-0.05, 0) is 29.5 Å². The number of rotatable bonds is 5. The molecule has 0 saturated heterocycles. The molecule has 2 aromatic rings. The molecule has 0 amide bonds. The average molecular weight is 245 g/mol. The third-order valence-corrected chi connectivity index (χ3v) is 2.72. The Morgan fingerprint density at radius 1 is 1.39 bits per heavy atom. The maximum Gasteiger partial charge on any atom is 0.307 e. The summed E-state index contributed by atoms with van der Waals surface area (Å²) in [6.45, 7) is 3.15. The van der Waals surface area contributed by atoms with Crippen LogP contribution in [-0.4, -0.2) is 22.7 Å². The van der Waals surface area contributed by atoms with E-state index in [9.17, 15) is 4.79 Å². The molecule has 0 radical (unpaired) electrons. The topological polar surface area (TPSA) is 59.4 Å². The summed E-state index contributed by atoms with van der Waals surface area (Å²) in [5.41, 5.74) is 1.78. The van der Waals surface area contributed by atoms with E-state index in [0.717, 1.165) is 21.9 Å². The van der Waals surface area contributed by atoms with E-state index in [-0.39, 0.29) is 6.42 Å². The number of carbonyl (C=O) groups is 1. The molecule has 4 heteroatoms. The number of nitrogens with zero attached hydrogens (tertiary/aromatic N) is 1. The number of benzene rings is 1. The van der Waals surface area contributed by atoms with Gasteiger partial charge in [0.05, 0.1) is 13.0 Å². The number of ether oxygens (including phenoxy) is 1. The summed E-state index contributed by atoms with van der Waals surface area (Å²) in [7, 11) is 0. The predicted octanol–water partition coefficient (Wildman–Crippen LogP) is 2.40. The minimum Gasteiger partial charge on any atom is -0.481 e. The van der Waals surface area contributed by atoms with Crippen molar-refractivity contribution in [3.05, 3.63) is 41.7 Å². The van der Waals surface area contributed by atoms with Crippen molar-refractivity contribution in [3.63, 3.8) is 0 Å². The Balaban J connectivity index is 2.41. The highest BCUT2D eigenvalue weighted by atomic mass is 16.5. The molecule has 18 heavy (non-hydrogen) atoms. The van der Waals surface area contributed by atoms with E-state index in [1.165, 1.54) is 0 Å². The molecule has 0 unspecified atom stereocenters. The summed E-state index contributed by atoms with van der Waals surface area (Å²) in [6.07, 6.45) is 3.34. The summed E-state index contributed by atoms with van der Waals surface area (Å²) >= 11 is 0. The molecular formula is C14H15NO3. The van der Waals surface area contributed by atoms with Crippen LogP contribution in [0, 0.1) is 0 Å². The average Bonchev–Trinajstić information content (AvgIpc) is 2.36. The van der Waals surface area contributed by atoms with Crippen LogP contribution in [-0.2, 0) is 22.6 Å². The lowest BCUT2D eigenvalue weighted by Gasteiger charge is -2.07. The third kappa shape index (κ3) is 2.84. The van der Waals surface area contributed by atoms with Gasteiger partial charge < -0.3 is 9.84 Å². The van der Waals surface area contributed by atoms with Gasteiger partial charge in [0.25, 0.3) is 0 Å². The van der Waals surface area contributed by atoms with Crippen molar-refractivity contribution >= 4 is 16.7 Å². The molecule has 1 heterocycles. The molecule has 0 aliphatic rings. The minimum atomic E-state index is -0.848. The van der Waals surface area contributed by atoms with Gasteiger partial charge in [0.1, 0.15) is 0 Å².